The first kappa shape index (κ1) is 24.5. The zero-order valence-electron chi connectivity index (χ0n) is 20.5. The molecular weight excluding hydrogens is 488 g/mol. The van der Waals surface area contributed by atoms with Crippen molar-refractivity contribution >= 4 is 23.1 Å². The smallest absolute Gasteiger partial charge is 0.177 e. The lowest BCUT2D eigenvalue weighted by Crippen LogP contribution is -1.87. The average molecular weight is 513 g/mol. The molecule has 0 saturated carbocycles. The zero-order chi connectivity index (χ0) is 27.0. The lowest BCUT2D eigenvalue weighted by atomic mass is 9.96. The Morgan fingerprint density at radius 1 is 0.605 bits per heavy atom. The molecule has 1 aromatic heterocycles. The molecule has 0 atom stereocenters. The van der Waals surface area contributed by atoms with E-state index in [-0.39, 0.29) is 34.5 Å². The fourth-order valence-corrected chi connectivity index (χ4v) is 4.39. The van der Waals surface area contributed by atoms with Crippen molar-refractivity contribution in [3.63, 3.8) is 0 Å². The molecule has 0 amide bonds. The maximum absolute atomic E-state index is 10.2. The molecule has 0 aliphatic rings. The SMILES string of the molecule is COc1cc(-c2oc3c(OC)cc(C=Cc4cc(O)cc(O)c4)cc3c2-c2cc(O)cc(O)c2)ccc1O. The van der Waals surface area contributed by atoms with Gasteiger partial charge >= 0.3 is 0 Å². The van der Waals surface area contributed by atoms with Gasteiger partial charge in [-0.1, -0.05) is 12.2 Å². The Bertz CT molecular complexity index is 1660. The van der Waals surface area contributed by atoms with Crippen LogP contribution in [0.1, 0.15) is 11.1 Å². The Labute approximate surface area is 217 Å². The number of rotatable bonds is 6. The summed E-state index contributed by atoms with van der Waals surface area (Å²) in [6, 6.07) is 16.9. The second-order valence-electron chi connectivity index (χ2n) is 8.65. The topological polar surface area (TPSA) is 133 Å². The van der Waals surface area contributed by atoms with E-state index in [4.69, 9.17) is 13.9 Å². The molecule has 0 spiro atoms. The number of ether oxygens (including phenoxy) is 2. The third-order valence-electron chi connectivity index (χ3n) is 6.02. The van der Waals surface area contributed by atoms with Crippen LogP contribution in [0, 0.1) is 0 Å². The summed E-state index contributed by atoms with van der Waals surface area (Å²) < 4.78 is 17.2. The van der Waals surface area contributed by atoms with E-state index in [0.717, 1.165) is 5.56 Å². The van der Waals surface area contributed by atoms with Crippen LogP contribution in [0.4, 0.5) is 0 Å². The molecule has 0 unspecified atom stereocenters. The molecule has 4 aromatic carbocycles. The molecule has 0 aliphatic carbocycles. The third-order valence-corrected chi connectivity index (χ3v) is 6.02. The number of benzene rings is 4. The predicted octanol–water partition coefficient (Wildman–Crippen LogP) is 6.48. The van der Waals surface area contributed by atoms with Gasteiger partial charge in [-0.2, -0.15) is 0 Å². The Morgan fingerprint density at radius 3 is 1.79 bits per heavy atom. The van der Waals surface area contributed by atoms with E-state index in [1.807, 2.05) is 6.07 Å². The van der Waals surface area contributed by atoms with Gasteiger partial charge in [-0.15, -0.1) is 0 Å². The monoisotopic (exact) mass is 512 g/mol. The summed E-state index contributed by atoms with van der Waals surface area (Å²) in [6.45, 7) is 0. The summed E-state index contributed by atoms with van der Waals surface area (Å²) in [6.07, 6.45) is 3.52. The number of hydrogen-bond donors (Lipinski definition) is 5. The minimum absolute atomic E-state index is 0.0353. The van der Waals surface area contributed by atoms with Crippen LogP contribution in [0.2, 0.25) is 0 Å². The minimum Gasteiger partial charge on any atom is -0.508 e. The van der Waals surface area contributed by atoms with Crippen molar-refractivity contribution in [1.29, 1.82) is 0 Å². The van der Waals surface area contributed by atoms with Crippen molar-refractivity contribution in [2.45, 2.75) is 0 Å². The summed E-state index contributed by atoms with van der Waals surface area (Å²) in [7, 11) is 2.96. The molecular formula is C30H24O8. The lowest BCUT2D eigenvalue weighted by Gasteiger charge is -2.08. The van der Waals surface area contributed by atoms with Gasteiger partial charge in [0, 0.05) is 28.6 Å². The van der Waals surface area contributed by atoms with E-state index in [1.165, 1.54) is 56.7 Å². The van der Waals surface area contributed by atoms with Crippen molar-refractivity contribution in [3.05, 3.63) is 77.9 Å². The number of furan rings is 1. The largest absolute Gasteiger partial charge is 0.508 e. The highest BCUT2D eigenvalue weighted by atomic mass is 16.5. The molecule has 5 N–H and O–H groups in total. The van der Waals surface area contributed by atoms with Gasteiger partial charge < -0.3 is 39.4 Å². The van der Waals surface area contributed by atoms with Crippen molar-refractivity contribution in [2.24, 2.45) is 0 Å². The number of hydrogen-bond acceptors (Lipinski definition) is 8. The first-order valence-electron chi connectivity index (χ1n) is 11.5. The molecule has 0 aliphatic heterocycles. The van der Waals surface area contributed by atoms with Crippen LogP contribution in [-0.2, 0) is 0 Å². The van der Waals surface area contributed by atoms with Gasteiger partial charge in [0.25, 0.3) is 0 Å². The highest BCUT2D eigenvalue weighted by Gasteiger charge is 2.23. The third kappa shape index (κ3) is 4.62. The summed E-state index contributed by atoms with van der Waals surface area (Å²) in [4.78, 5) is 0. The summed E-state index contributed by atoms with van der Waals surface area (Å²) in [5, 5.41) is 50.8. The molecule has 0 fully saturated rings. The van der Waals surface area contributed by atoms with E-state index in [0.29, 0.717) is 44.7 Å². The first-order chi connectivity index (χ1) is 18.2. The maximum Gasteiger partial charge on any atom is 0.177 e. The van der Waals surface area contributed by atoms with E-state index >= 15 is 0 Å². The summed E-state index contributed by atoms with van der Waals surface area (Å²) >= 11 is 0. The average Bonchev–Trinajstić information content (AvgIpc) is 3.25. The highest BCUT2D eigenvalue weighted by Crippen LogP contribution is 2.47. The molecule has 0 bridgehead atoms. The van der Waals surface area contributed by atoms with Gasteiger partial charge in [-0.25, -0.2) is 0 Å². The van der Waals surface area contributed by atoms with E-state index in [1.54, 1.807) is 30.4 Å². The molecule has 5 rings (SSSR count). The second-order valence-corrected chi connectivity index (χ2v) is 8.65. The summed E-state index contributed by atoms with van der Waals surface area (Å²) in [5.41, 5.74) is 3.39. The van der Waals surface area contributed by atoms with Gasteiger partial charge in [-0.3, -0.25) is 0 Å². The number of aromatic hydroxyl groups is 5. The standard InChI is InChI=1S/C30H24O8/c1-36-26-13-18(5-6-25(26)35)29-28(19-11-22(33)15-23(34)12-19)24-9-17(10-27(37-2)30(24)38-29)4-3-16-7-20(31)14-21(32)8-16/h3-15,31-35H,1-2H3. The minimum atomic E-state index is -0.129. The first-order valence-corrected chi connectivity index (χ1v) is 11.5. The highest BCUT2D eigenvalue weighted by molar-refractivity contribution is 6.05. The van der Waals surface area contributed by atoms with Gasteiger partial charge in [0.15, 0.2) is 22.8 Å². The van der Waals surface area contributed by atoms with Crippen LogP contribution in [0.3, 0.4) is 0 Å². The molecule has 8 heteroatoms. The van der Waals surface area contributed by atoms with Gasteiger partial charge in [0.2, 0.25) is 0 Å². The number of methoxy groups -OCH3 is 2. The van der Waals surface area contributed by atoms with Crippen LogP contribution in [0.15, 0.2) is 71.1 Å². The van der Waals surface area contributed by atoms with Crippen LogP contribution >= 0.6 is 0 Å². The number of fused-ring (bicyclic) bond motifs is 1. The quantitative estimate of drug-likeness (QED) is 0.163. The Morgan fingerprint density at radius 2 is 1.18 bits per heavy atom. The van der Waals surface area contributed by atoms with Gasteiger partial charge in [-0.05, 0) is 71.3 Å². The van der Waals surface area contributed by atoms with Crippen LogP contribution in [0.25, 0.3) is 45.6 Å². The molecule has 8 nitrogen and oxygen atoms in total. The van der Waals surface area contributed by atoms with Gasteiger partial charge in [0.05, 0.1) is 14.2 Å². The lowest BCUT2D eigenvalue weighted by molar-refractivity contribution is 0.373. The van der Waals surface area contributed by atoms with Crippen molar-refractivity contribution in [2.75, 3.05) is 14.2 Å². The second kappa shape index (κ2) is 9.67. The molecule has 38 heavy (non-hydrogen) atoms. The Balaban J connectivity index is 1.77. The number of phenolic OH excluding ortho intramolecular Hbond substituents is 5. The van der Waals surface area contributed by atoms with E-state index in [2.05, 4.69) is 0 Å². The normalized spacial score (nSPS) is 11.3. The van der Waals surface area contributed by atoms with Crippen molar-refractivity contribution in [3.8, 4) is 62.7 Å². The molecule has 1 heterocycles. The molecule has 0 radical (unpaired) electrons. The van der Waals surface area contributed by atoms with Crippen LogP contribution < -0.4 is 9.47 Å². The predicted molar refractivity (Wildman–Crippen MR) is 144 cm³/mol. The Hall–Kier alpha value is -5.24. The maximum atomic E-state index is 10.2. The number of phenols is 5. The molecule has 5 aromatic rings. The van der Waals surface area contributed by atoms with E-state index < -0.39 is 0 Å². The van der Waals surface area contributed by atoms with Crippen LogP contribution in [0.5, 0.6) is 40.2 Å². The van der Waals surface area contributed by atoms with E-state index in [9.17, 15) is 25.5 Å². The molecule has 0 saturated heterocycles. The van der Waals surface area contributed by atoms with Crippen molar-refractivity contribution in [1.82, 2.24) is 0 Å². The van der Waals surface area contributed by atoms with Gasteiger partial charge in [0.1, 0.15) is 28.8 Å². The summed E-state index contributed by atoms with van der Waals surface area (Å²) in [5.74, 6) is 0.666. The zero-order valence-corrected chi connectivity index (χ0v) is 20.5. The van der Waals surface area contributed by atoms with Crippen LogP contribution in [-0.4, -0.2) is 39.8 Å². The molecule has 192 valence electrons. The fraction of sp³-hybridized carbons (Fsp3) is 0.0667. The fourth-order valence-electron chi connectivity index (χ4n) is 4.39. The Kier molecular flexibility index (Phi) is 6.22. The van der Waals surface area contributed by atoms with Crippen molar-refractivity contribution < 1.29 is 39.4 Å².